The SMILES string of the molecule is C=C/C(C)=C\C=C(\F)C[C@H]1CN(c2ncc(C(=O)N(C3CC3)C3CCN(C(=O)NC(=C)C(C)(C)F)CC3)cn2)C[C@@H]1C. The van der Waals surface area contributed by atoms with Crippen molar-refractivity contribution in [2.75, 3.05) is 31.1 Å². The normalized spacial score (nSPS) is 22.2. The maximum absolute atomic E-state index is 14.5. The van der Waals surface area contributed by atoms with Crippen LogP contribution in [0.5, 0.6) is 0 Å². The van der Waals surface area contributed by atoms with Gasteiger partial charge in [-0.3, -0.25) is 4.79 Å². The Kier molecular flexibility index (Phi) is 9.84. The van der Waals surface area contributed by atoms with Gasteiger partial charge in [-0.2, -0.15) is 0 Å². The summed E-state index contributed by atoms with van der Waals surface area (Å²) in [7, 11) is 0. The topological polar surface area (TPSA) is 81.7 Å². The fourth-order valence-corrected chi connectivity index (χ4v) is 5.50. The van der Waals surface area contributed by atoms with Gasteiger partial charge in [-0.25, -0.2) is 23.5 Å². The smallest absolute Gasteiger partial charge is 0.321 e. The number of allylic oxidation sites excluding steroid dienone is 6. The minimum absolute atomic E-state index is 0.00259. The van der Waals surface area contributed by atoms with Crippen LogP contribution in [0.2, 0.25) is 0 Å². The van der Waals surface area contributed by atoms with Crippen molar-refractivity contribution in [1.29, 1.82) is 0 Å². The van der Waals surface area contributed by atoms with Crippen LogP contribution < -0.4 is 10.2 Å². The van der Waals surface area contributed by atoms with E-state index >= 15 is 0 Å². The molecule has 0 bridgehead atoms. The number of aromatic nitrogens is 2. The van der Waals surface area contributed by atoms with Crippen LogP contribution in [0.3, 0.4) is 0 Å². The molecular weight excluding hydrogens is 538 g/mol. The summed E-state index contributed by atoms with van der Waals surface area (Å²) in [5.41, 5.74) is -0.321. The van der Waals surface area contributed by atoms with Crippen LogP contribution >= 0.6 is 0 Å². The molecule has 3 heterocycles. The molecule has 1 N–H and O–H groups in total. The predicted octanol–water partition coefficient (Wildman–Crippen LogP) is 5.97. The lowest BCUT2D eigenvalue weighted by Gasteiger charge is -2.39. The quantitative estimate of drug-likeness (QED) is 0.344. The molecule has 0 radical (unpaired) electrons. The molecule has 42 heavy (non-hydrogen) atoms. The number of hydrogen-bond acceptors (Lipinski definition) is 5. The fraction of sp³-hybridized carbons (Fsp3) is 0.562. The molecule has 228 valence electrons. The lowest BCUT2D eigenvalue weighted by atomic mass is 9.94. The van der Waals surface area contributed by atoms with E-state index in [1.165, 1.54) is 19.9 Å². The van der Waals surface area contributed by atoms with E-state index in [1.54, 1.807) is 29.4 Å². The first kappa shape index (κ1) is 31.4. The number of piperidine rings is 1. The Morgan fingerprint density at radius 3 is 2.31 bits per heavy atom. The van der Waals surface area contributed by atoms with Crippen LogP contribution in [0.1, 0.15) is 70.2 Å². The monoisotopic (exact) mass is 582 g/mol. The van der Waals surface area contributed by atoms with Crippen molar-refractivity contribution in [2.24, 2.45) is 11.8 Å². The minimum atomic E-state index is -1.70. The molecule has 1 aromatic rings. The number of alkyl halides is 1. The fourth-order valence-electron chi connectivity index (χ4n) is 5.50. The van der Waals surface area contributed by atoms with Crippen LogP contribution in [-0.2, 0) is 0 Å². The lowest BCUT2D eigenvalue weighted by molar-refractivity contribution is 0.0574. The molecule has 1 saturated carbocycles. The average Bonchev–Trinajstić information content (AvgIpc) is 3.73. The molecule has 1 aliphatic carbocycles. The molecule has 2 atom stereocenters. The molecule has 10 heteroatoms. The van der Waals surface area contributed by atoms with Crippen molar-refractivity contribution in [2.45, 2.75) is 77.6 Å². The molecule has 3 amide bonds. The van der Waals surface area contributed by atoms with Gasteiger partial charge in [0, 0.05) is 62.8 Å². The number of urea groups is 1. The van der Waals surface area contributed by atoms with Crippen LogP contribution in [-0.4, -0.2) is 75.6 Å². The van der Waals surface area contributed by atoms with Gasteiger partial charge in [-0.05, 0) is 64.4 Å². The van der Waals surface area contributed by atoms with Gasteiger partial charge in [-0.1, -0.05) is 37.8 Å². The van der Waals surface area contributed by atoms with Crippen LogP contribution in [0, 0.1) is 11.8 Å². The Bertz CT molecular complexity index is 1230. The van der Waals surface area contributed by atoms with Gasteiger partial charge >= 0.3 is 6.03 Å². The number of nitrogens with zero attached hydrogens (tertiary/aromatic N) is 5. The molecule has 0 unspecified atom stereocenters. The standard InChI is InChI=1S/C32H44F2N6O2/c1-7-21(2)8-9-26(33)16-24-20-39(19-22(24)3)30-35-17-25(18-36-30)29(41)40(27-10-11-27)28-12-14-38(15-13-28)31(42)37-23(4)32(5,6)34/h7-9,17-18,22,24,27-28H,1,4,10-16,19-20H2,2-3,5-6H3,(H,37,42)/b21-8-,26-9+/t22-,24-/m0/s1. The van der Waals surface area contributed by atoms with E-state index in [1.807, 2.05) is 11.8 Å². The molecule has 0 aromatic carbocycles. The highest BCUT2D eigenvalue weighted by molar-refractivity contribution is 5.94. The summed E-state index contributed by atoms with van der Waals surface area (Å²) in [6, 6.07) is -0.181. The summed E-state index contributed by atoms with van der Waals surface area (Å²) < 4.78 is 28.6. The summed E-state index contributed by atoms with van der Waals surface area (Å²) in [6.07, 6.45) is 11.7. The molecule has 1 aromatic heterocycles. The minimum Gasteiger partial charge on any atom is -0.340 e. The zero-order valence-corrected chi connectivity index (χ0v) is 25.3. The molecule has 0 spiro atoms. The number of carbonyl (C=O) groups is 2. The second-order valence-corrected chi connectivity index (χ2v) is 12.4. The highest BCUT2D eigenvalue weighted by atomic mass is 19.1. The van der Waals surface area contributed by atoms with E-state index in [-0.39, 0.29) is 47.4 Å². The molecule has 8 nitrogen and oxygen atoms in total. The second-order valence-electron chi connectivity index (χ2n) is 12.4. The first-order valence-electron chi connectivity index (χ1n) is 14.9. The largest absolute Gasteiger partial charge is 0.340 e. The van der Waals surface area contributed by atoms with Crippen LogP contribution in [0.4, 0.5) is 19.5 Å². The first-order chi connectivity index (χ1) is 19.9. The summed E-state index contributed by atoms with van der Waals surface area (Å²) >= 11 is 0. The molecular formula is C32H44F2N6O2. The van der Waals surface area contributed by atoms with Gasteiger partial charge in [0.2, 0.25) is 5.95 Å². The van der Waals surface area contributed by atoms with Crippen molar-refractivity contribution in [3.63, 3.8) is 0 Å². The summed E-state index contributed by atoms with van der Waals surface area (Å²) in [6.45, 7) is 16.3. The van der Waals surface area contributed by atoms with Crippen LogP contribution in [0.15, 0.2) is 60.9 Å². The molecule has 4 rings (SSSR count). The lowest BCUT2D eigenvalue weighted by Crippen LogP contribution is -2.52. The van der Waals surface area contributed by atoms with Gasteiger partial charge in [0.05, 0.1) is 5.56 Å². The second kappa shape index (κ2) is 13.2. The summed E-state index contributed by atoms with van der Waals surface area (Å²) in [5.74, 6) is 0.713. The van der Waals surface area contributed by atoms with Crippen LogP contribution in [0.25, 0.3) is 0 Å². The highest BCUT2D eigenvalue weighted by Crippen LogP contribution is 2.34. The number of halogens is 2. The number of anilines is 1. The van der Waals surface area contributed by atoms with Crippen molar-refractivity contribution in [3.05, 3.63) is 66.4 Å². The number of rotatable bonds is 10. The third kappa shape index (κ3) is 7.83. The van der Waals surface area contributed by atoms with Gasteiger partial charge in [0.25, 0.3) is 5.91 Å². The summed E-state index contributed by atoms with van der Waals surface area (Å²) in [4.78, 5) is 40.9. The third-order valence-corrected chi connectivity index (χ3v) is 8.54. The van der Waals surface area contributed by atoms with Crippen molar-refractivity contribution in [3.8, 4) is 0 Å². The number of hydrogen-bond donors (Lipinski definition) is 1. The van der Waals surface area contributed by atoms with Gasteiger partial charge in [0.15, 0.2) is 0 Å². The maximum Gasteiger partial charge on any atom is 0.321 e. The Morgan fingerprint density at radius 2 is 1.74 bits per heavy atom. The third-order valence-electron chi connectivity index (χ3n) is 8.54. The Morgan fingerprint density at radius 1 is 1.12 bits per heavy atom. The van der Waals surface area contributed by atoms with Crippen molar-refractivity contribution < 1.29 is 18.4 Å². The molecule has 3 fully saturated rings. The van der Waals surface area contributed by atoms with E-state index in [9.17, 15) is 18.4 Å². The van der Waals surface area contributed by atoms with E-state index < -0.39 is 5.67 Å². The molecule has 2 aliphatic heterocycles. The predicted molar refractivity (Wildman–Crippen MR) is 161 cm³/mol. The number of likely N-dealkylation sites (tertiary alicyclic amines) is 1. The highest BCUT2D eigenvalue weighted by Gasteiger charge is 2.40. The maximum atomic E-state index is 14.5. The number of nitrogens with one attached hydrogen (secondary N) is 1. The number of carbonyl (C=O) groups excluding carboxylic acids is 2. The number of amides is 3. The van der Waals surface area contributed by atoms with Gasteiger partial charge < -0.3 is 20.0 Å². The Balaban J connectivity index is 1.34. The van der Waals surface area contributed by atoms with E-state index in [0.717, 1.165) is 25.0 Å². The van der Waals surface area contributed by atoms with Gasteiger partial charge in [-0.15, -0.1) is 0 Å². The zero-order chi connectivity index (χ0) is 30.6. The van der Waals surface area contributed by atoms with E-state index in [4.69, 9.17) is 0 Å². The summed E-state index contributed by atoms with van der Waals surface area (Å²) in [5, 5.41) is 2.56. The average molecular weight is 583 g/mol. The zero-order valence-electron chi connectivity index (χ0n) is 25.3. The van der Waals surface area contributed by atoms with E-state index in [0.29, 0.717) is 50.4 Å². The molecule has 2 saturated heterocycles. The Labute approximate surface area is 248 Å². The van der Waals surface area contributed by atoms with Gasteiger partial charge in [0.1, 0.15) is 11.5 Å². The Hall–Kier alpha value is -3.56. The van der Waals surface area contributed by atoms with E-state index in [2.05, 4.69) is 40.3 Å². The van der Waals surface area contributed by atoms with Crippen molar-refractivity contribution >= 4 is 17.9 Å². The van der Waals surface area contributed by atoms with Crippen molar-refractivity contribution in [1.82, 2.24) is 25.1 Å². The first-order valence-corrected chi connectivity index (χ1v) is 14.9. The molecule has 3 aliphatic rings.